The molecule has 1 N–H and O–H groups in total. The zero-order valence-corrected chi connectivity index (χ0v) is 18.9. The van der Waals surface area contributed by atoms with Crippen LogP contribution >= 0.6 is 0 Å². The van der Waals surface area contributed by atoms with Crippen molar-refractivity contribution >= 4 is 13.2 Å². The maximum absolute atomic E-state index is 12.2. The predicted molar refractivity (Wildman–Crippen MR) is 114 cm³/mol. The van der Waals surface area contributed by atoms with Crippen LogP contribution in [0.5, 0.6) is 0 Å². The van der Waals surface area contributed by atoms with Gasteiger partial charge in [0.1, 0.15) is 5.60 Å². The van der Waals surface area contributed by atoms with E-state index in [2.05, 4.69) is 51.2 Å². The Bertz CT molecular complexity index is 599. The molecule has 28 heavy (non-hydrogen) atoms. The number of alkyl carbamates (subject to hydrolysis) is 1. The number of rotatable bonds is 6. The van der Waals surface area contributed by atoms with Crippen LogP contribution in [0.25, 0.3) is 0 Å². The van der Waals surface area contributed by atoms with Gasteiger partial charge in [-0.05, 0) is 81.1 Å². The van der Waals surface area contributed by atoms with Crippen LogP contribution in [-0.2, 0) is 14.0 Å². The third kappa shape index (κ3) is 5.63. The van der Waals surface area contributed by atoms with E-state index in [1.165, 1.54) is 0 Å². The first-order chi connectivity index (χ1) is 12.8. The first-order valence-electron chi connectivity index (χ1n) is 10.5. The predicted octanol–water partition coefficient (Wildman–Crippen LogP) is 5.42. The highest BCUT2D eigenvalue weighted by Gasteiger charge is 2.53. The molecule has 0 aromatic carbocycles. The van der Waals surface area contributed by atoms with Gasteiger partial charge in [0.2, 0.25) is 0 Å². The zero-order valence-electron chi connectivity index (χ0n) is 18.9. The van der Waals surface area contributed by atoms with Crippen molar-refractivity contribution in [3.63, 3.8) is 0 Å². The van der Waals surface area contributed by atoms with E-state index in [4.69, 9.17) is 14.0 Å². The minimum atomic E-state index is -0.494. The van der Waals surface area contributed by atoms with E-state index in [0.717, 1.165) is 25.7 Å². The van der Waals surface area contributed by atoms with Gasteiger partial charge in [-0.3, -0.25) is 0 Å². The molecule has 1 unspecified atom stereocenters. The van der Waals surface area contributed by atoms with Gasteiger partial charge in [-0.25, -0.2) is 4.79 Å². The van der Waals surface area contributed by atoms with Gasteiger partial charge in [-0.2, -0.15) is 0 Å². The van der Waals surface area contributed by atoms with Gasteiger partial charge in [0.05, 0.1) is 16.7 Å². The molecule has 1 atom stereocenters. The molecule has 5 nitrogen and oxygen atoms in total. The summed E-state index contributed by atoms with van der Waals surface area (Å²) >= 11 is 0. The maximum Gasteiger partial charge on any atom is 0.465 e. The molecule has 1 aliphatic carbocycles. The van der Waals surface area contributed by atoms with E-state index in [0.29, 0.717) is 0 Å². The van der Waals surface area contributed by atoms with Crippen LogP contribution in [0.2, 0.25) is 5.82 Å². The average Bonchev–Trinajstić information content (AvgIpc) is 2.70. The number of hydrogen-bond acceptors (Lipinski definition) is 4. The fourth-order valence-corrected chi connectivity index (χ4v) is 3.44. The van der Waals surface area contributed by atoms with Crippen LogP contribution in [0.1, 0.15) is 81.1 Å². The Labute approximate surface area is 171 Å². The molecule has 2 fully saturated rings. The van der Waals surface area contributed by atoms with Gasteiger partial charge >= 0.3 is 13.2 Å². The molecule has 0 aromatic heterocycles. The molecule has 0 aromatic rings. The van der Waals surface area contributed by atoms with Gasteiger partial charge in [-0.1, -0.05) is 24.3 Å². The SMILES string of the molecule is C/C=C\C(C/C=C/C1(NC(=O)OC(C)(C)C)CCC1)B1OC(C)(C)C(C)(C)O1. The second-order valence-corrected chi connectivity index (χ2v) is 10.1. The van der Waals surface area contributed by atoms with Gasteiger partial charge in [0.15, 0.2) is 0 Å². The Balaban J connectivity index is 2.00. The fraction of sp³-hybridized carbons (Fsp3) is 0.773. The maximum atomic E-state index is 12.2. The van der Waals surface area contributed by atoms with Crippen molar-refractivity contribution in [1.82, 2.24) is 5.32 Å². The highest BCUT2D eigenvalue weighted by molar-refractivity contribution is 6.48. The largest absolute Gasteiger partial charge is 0.465 e. The number of carbonyl (C=O) groups is 1. The van der Waals surface area contributed by atoms with E-state index < -0.39 is 5.60 Å². The van der Waals surface area contributed by atoms with Crippen LogP contribution in [0.3, 0.4) is 0 Å². The molecular weight excluding hydrogens is 353 g/mol. The third-order valence-corrected chi connectivity index (χ3v) is 5.90. The van der Waals surface area contributed by atoms with Gasteiger partial charge in [0.25, 0.3) is 0 Å². The minimum absolute atomic E-state index is 0.126. The Morgan fingerprint density at radius 3 is 2.18 bits per heavy atom. The monoisotopic (exact) mass is 391 g/mol. The van der Waals surface area contributed by atoms with Crippen molar-refractivity contribution in [2.24, 2.45) is 0 Å². The van der Waals surface area contributed by atoms with E-state index in [9.17, 15) is 4.79 Å². The molecule has 1 heterocycles. The normalized spacial score (nSPS) is 24.4. The molecule has 1 amide bonds. The summed E-state index contributed by atoms with van der Waals surface area (Å²) < 4.78 is 17.9. The molecule has 158 valence electrons. The Hall–Kier alpha value is -1.27. The van der Waals surface area contributed by atoms with Crippen molar-refractivity contribution in [1.29, 1.82) is 0 Å². The van der Waals surface area contributed by atoms with Crippen LogP contribution in [0, 0.1) is 0 Å². The summed E-state index contributed by atoms with van der Waals surface area (Å²) in [6.45, 7) is 15.9. The van der Waals surface area contributed by atoms with Crippen LogP contribution in [0.15, 0.2) is 24.3 Å². The van der Waals surface area contributed by atoms with E-state index in [1.807, 2.05) is 33.8 Å². The summed E-state index contributed by atoms with van der Waals surface area (Å²) in [5.74, 6) is 0.126. The highest BCUT2D eigenvalue weighted by atomic mass is 16.7. The Morgan fingerprint density at radius 2 is 1.75 bits per heavy atom. The number of ether oxygens (including phenoxy) is 1. The number of amides is 1. The van der Waals surface area contributed by atoms with Gasteiger partial charge in [0, 0.05) is 5.82 Å². The Morgan fingerprint density at radius 1 is 1.18 bits per heavy atom. The van der Waals surface area contributed by atoms with Gasteiger partial charge in [-0.15, -0.1) is 0 Å². The summed E-state index contributed by atoms with van der Waals surface area (Å²) in [4.78, 5) is 12.2. The summed E-state index contributed by atoms with van der Waals surface area (Å²) in [5.41, 5.74) is -1.46. The van der Waals surface area contributed by atoms with Crippen molar-refractivity contribution in [3.8, 4) is 0 Å². The molecule has 1 aliphatic heterocycles. The number of hydrogen-bond donors (Lipinski definition) is 1. The van der Waals surface area contributed by atoms with E-state index in [-0.39, 0.29) is 35.8 Å². The first-order valence-corrected chi connectivity index (χ1v) is 10.5. The molecule has 0 radical (unpaired) electrons. The lowest BCUT2D eigenvalue weighted by Crippen LogP contribution is -2.53. The molecule has 2 rings (SSSR count). The van der Waals surface area contributed by atoms with E-state index >= 15 is 0 Å². The van der Waals surface area contributed by atoms with Gasteiger partial charge < -0.3 is 19.4 Å². The summed E-state index contributed by atoms with van der Waals surface area (Å²) in [6.07, 6.45) is 11.9. The second kappa shape index (κ2) is 8.23. The number of allylic oxidation sites excluding steroid dienone is 3. The average molecular weight is 391 g/mol. The van der Waals surface area contributed by atoms with E-state index in [1.54, 1.807) is 0 Å². The highest BCUT2D eigenvalue weighted by Crippen LogP contribution is 2.41. The van der Waals surface area contributed by atoms with Crippen molar-refractivity contribution < 1.29 is 18.8 Å². The minimum Gasteiger partial charge on any atom is -0.444 e. The fourth-order valence-electron chi connectivity index (χ4n) is 3.44. The third-order valence-electron chi connectivity index (χ3n) is 5.90. The van der Waals surface area contributed by atoms with Crippen LogP contribution in [0.4, 0.5) is 4.79 Å². The quantitative estimate of drug-likeness (QED) is 0.485. The number of nitrogens with one attached hydrogen (secondary N) is 1. The second-order valence-electron chi connectivity index (χ2n) is 10.1. The standard InChI is InChI=1S/C22H38BNO4/c1-9-12-17(23-27-20(5,6)21(7,8)28-23)13-10-14-22(15-11-16-22)24-18(25)26-19(2,3)4/h9-10,12,14,17H,11,13,15-16H2,1-8H3,(H,24,25)/b12-9-,14-10+. The molecular formula is C22H38BNO4. The lowest BCUT2D eigenvalue weighted by molar-refractivity contribution is 0.00578. The number of carbonyl (C=O) groups excluding carboxylic acids is 1. The molecule has 2 aliphatic rings. The molecule has 6 heteroatoms. The summed E-state index contributed by atoms with van der Waals surface area (Å²) in [6, 6.07) is 0. The topological polar surface area (TPSA) is 56.8 Å². The summed E-state index contributed by atoms with van der Waals surface area (Å²) in [7, 11) is -0.276. The molecule has 0 bridgehead atoms. The first kappa shape index (κ1) is 23.0. The van der Waals surface area contributed by atoms with Crippen LogP contribution < -0.4 is 5.32 Å². The zero-order chi connectivity index (χ0) is 21.2. The Kier molecular flexibility index (Phi) is 6.77. The van der Waals surface area contributed by atoms with Crippen LogP contribution in [-0.4, -0.2) is 35.6 Å². The molecule has 1 saturated heterocycles. The molecule has 1 saturated carbocycles. The summed E-state index contributed by atoms with van der Waals surface area (Å²) in [5, 5.41) is 3.06. The van der Waals surface area contributed by atoms with Crippen molar-refractivity contribution in [2.75, 3.05) is 0 Å². The lowest BCUT2D eigenvalue weighted by atomic mass is 9.69. The van der Waals surface area contributed by atoms with Crippen molar-refractivity contribution in [3.05, 3.63) is 24.3 Å². The van der Waals surface area contributed by atoms with Crippen molar-refractivity contribution in [2.45, 2.75) is 109 Å². The lowest BCUT2D eigenvalue weighted by Gasteiger charge is -2.40. The smallest absolute Gasteiger partial charge is 0.444 e. The molecule has 0 spiro atoms.